The van der Waals surface area contributed by atoms with Gasteiger partial charge in [-0.2, -0.15) is 0 Å². The molecule has 0 saturated carbocycles. The Labute approximate surface area is 233 Å². The number of aryl methyl sites for hydroxylation is 1. The van der Waals surface area contributed by atoms with Crippen LogP contribution in [0.25, 0.3) is 4.85 Å². The van der Waals surface area contributed by atoms with Crippen LogP contribution in [-0.2, 0) is 16.1 Å². The summed E-state index contributed by atoms with van der Waals surface area (Å²) in [7, 11) is 0. The number of rotatable bonds is 9. The summed E-state index contributed by atoms with van der Waals surface area (Å²) in [4.78, 5) is 25.9. The van der Waals surface area contributed by atoms with Gasteiger partial charge in [0.2, 0.25) is 18.4 Å². The number of nitrogens with zero attached hydrogens (tertiary/aromatic N) is 5. The lowest BCUT2D eigenvalue weighted by Gasteiger charge is -2.31. The first kappa shape index (κ1) is 27.7. The fourth-order valence-electron chi connectivity index (χ4n) is 5.68. The maximum atomic E-state index is 14.8. The molecular formula is C30H34F2N6O2. The van der Waals surface area contributed by atoms with Gasteiger partial charge in [0.05, 0.1) is 25.7 Å². The zero-order chi connectivity index (χ0) is 28.1. The first-order chi connectivity index (χ1) is 19.4. The van der Waals surface area contributed by atoms with E-state index in [2.05, 4.69) is 50.1 Å². The molecule has 2 aliphatic rings. The standard InChI is InChI=1S/C30H34F2N6O2/c1-21-4-5-22(28(16-21)37-12-14-40-15-13-37)18-38-11-9-34-30(38)35-29(39)26-20-36(10-3-8-33-2)19-25(26)24-7-6-23(31)17-27(24)32/h4-7,9,11,16-17,25-26H,3,8,10,12-15,18-20H2,1H3,(H,34,35,39)/t25-,26+/m0/s1. The van der Waals surface area contributed by atoms with Gasteiger partial charge in [0.15, 0.2) is 0 Å². The number of carbonyl (C=O) groups excluding carboxylic acids is 1. The summed E-state index contributed by atoms with van der Waals surface area (Å²) in [6, 6.07) is 9.90. The SMILES string of the molecule is [C-]#[N+]CCCN1C[C@@H](C(=O)Nc2nccn2Cc2ccc(C)cc2N2CCOCC2)[C@H](c2ccc(F)cc2F)C1. The largest absolute Gasteiger partial charge is 0.378 e. The topological polar surface area (TPSA) is 67.0 Å². The summed E-state index contributed by atoms with van der Waals surface area (Å²) < 4.78 is 35.9. The van der Waals surface area contributed by atoms with E-state index in [1.54, 1.807) is 6.20 Å². The van der Waals surface area contributed by atoms with Crippen molar-refractivity contribution in [3.05, 3.63) is 88.5 Å². The van der Waals surface area contributed by atoms with E-state index in [0.29, 0.717) is 63.9 Å². The van der Waals surface area contributed by atoms with Gasteiger partial charge < -0.3 is 23.9 Å². The normalized spacial score (nSPS) is 19.5. The summed E-state index contributed by atoms with van der Waals surface area (Å²) in [5, 5.41) is 2.99. The van der Waals surface area contributed by atoms with Crippen LogP contribution in [0.15, 0.2) is 48.8 Å². The van der Waals surface area contributed by atoms with Gasteiger partial charge in [-0.05, 0) is 35.7 Å². The summed E-state index contributed by atoms with van der Waals surface area (Å²) in [5.74, 6) is -2.14. The monoisotopic (exact) mass is 548 g/mol. The minimum Gasteiger partial charge on any atom is -0.378 e. The van der Waals surface area contributed by atoms with Gasteiger partial charge in [-0.1, -0.05) is 18.2 Å². The molecule has 1 amide bonds. The molecule has 5 rings (SSSR count). The van der Waals surface area contributed by atoms with Crippen LogP contribution in [0.3, 0.4) is 0 Å². The third-order valence-electron chi connectivity index (χ3n) is 7.72. The molecule has 2 atom stereocenters. The number of anilines is 2. The second kappa shape index (κ2) is 12.6. The molecular weight excluding hydrogens is 514 g/mol. The van der Waals surface area contributed by atoms with Crippen LogP contribution in [0.4, 0.5) is 20.4 Å². The molecule has 0 unspecified atom stereocenters. The van der Waals surface area contributed by atoms with Crippen molar-refractivity contribution >= 4 is 17.5 Å². The number of imidazole rings is 1. The van der Waals surface area contributed by atoms with Crippen molar-refractivity contribution in [2.24, 2.45) is 5.92 Å². The van der Waals surface area contributed by atoms with Crippen molar-refractivity contribution in [1.82, 2.24) is 14.5 Å². The summed E-state index contributed by atoms with van der Waals surface area (Å²) in [6.45, 7) is 14.6. The van der Waals surface area contributed by atoms with Crippen LogP contribution in [0.5, 0.6) is 0 Å². The van der Waals surface area contributed by atoms with Crippen LogP contribution in [0.2, 0.25) is 0 Å². The van der Waals surface area contributed by atoms with Crippen LogP contribution in [0, 0.1) is 31.0 Å². The van der Waals surface area contributed by atoms with E-state index in [9.17, 15) is 13.6 Å². The average Bonchev–Trinajstić information content (AvgIpc) is 3.57. The number of likely N-dealkylation sites (tertiary alicyclic amines) is 1. The first-order valence-corrected chi connectivity index (χ1v) is 13.7. The van der Waals surface area contributed by atoms with Crippen molar-refractivity contribution in [2.75, 3.05) is 62.7 Å². The smallest absolute Gasteiger partial charge is 0.231 e. The highest BCUT2D eigenvalue weighted by Crippen LogP contribution is 2.35. The highest BCUT2D eigenvalue weighted by molar-refractivity contribution is 5.92. The molecule has 40 heavy (non-hydrogen) atoms. The lowest BCUT2D eigenvalue weighted by Crippen LogP contribution is -2.37. The highest BCUT2D eigenvalue weighted by atomic mass is 19.1. The molecule has 0 spiro atoms. The Bertz CT molecular complexity index is 1380. The first-order valence-electron chi connectivity index (χ1n) is 13.7. The molecule has 10 heteroatoms. The molecule has 1 aromatic heterocycles. The highest BCUT2D eigenvalue weighted by Gasteiger charge is 2.40. The number of ether oxygens (including phenoxy) is 1. The Morgan fingerprint density at radius 2 is 2.00 bits per heavy atom. The van der Waals surface area contributed by atoms with Gasteiger partial charge in [0.1, 0.15) is 11.6 Å². The number of morpholine rings is 1. The minimum atomic E-state index is -0.651. The fraction of sp³-hybridized carbons (Fsp3) is 0.433. The van der Waals surface area contributed by atoms with E-state index in [-0.39, 0.29) is 5.91 Å². The molecule has 2 aromatic carbocycles. The van der Waals surface area contributed by atoms with Crippen molar-refractivity contribution in [1.29, 1.82) is 0 Å². The van der Waals surface area contributed by atoms with Crippen LogP contribution < -0.4 is 10.2 Å². The van der Waals surface area contributed by atoms with Crippen molar-refractivity contribution < 1.29 is 18.3 Å². The predicted molar refractivity (Wildman–Crippen MR) is 149 cm³/mol. The third-order valence-corrected chi connectivity index (χ3v) is 7.72. The van der Waals surface area contributed by atoms with Crippen LogP contribution in [-0.4, -0.2) is 72.8 Å². The van der Waals surface area contributed by atoms with E-state index in [1.165, 1.54) is 17.7 Å². The summed E-state index contributed by atoms with van der Waals surface area (Å²) >= 11 is 0. The molecule has 2 aliphatic heterocycles. The number of halogens is 2. The predicted octanol–water partition coefficient (Wildman–Crippen LogP) is 4.32. The van der Waals surface area contributed by atoms with E-state index < -0.39 is 23.5 Å². The molecule has 0 radical (unpaired) electrons. The molecule has 0 aliphatic carbocycles. The van der Waals surface area contributed by atoms with E-state index in [0.717, 1.165) is 30.4 Å². The molecule has 2 fully saturated rings. The van der Waals surface area contributed by atoms with Gasteiger partial charge in [-0.25, -0.2) is 20.3 Å². The molecule has 1 N–H and O–H groups in total. The van der Waals surface area contributed by atoms with E-state index >= 15 is 0 Å². The van der Waals surface area contributed by atoms with Gasteiger partial charge in [-0.15, -0.1) is 0 Å². The quantitative estimate of drug-likeness (QED) is 0.319. The average molecular weight is 549 g/mol. The number of hydrogen-bond acceptors (Lipinski definition) is 5. The molecule has 2 saturated heterocycles. The molecule has 3 aromatic rings. The summed E-state index contributed by atoms with van der Waals surface area (Å²) in [6.07, 6.45) is 4.16. The number of benzene rings is 2. The zero-order valence-electron chi connectivity index (χ0n) is 22.7. The lowest BCUT2D eigenvalue weighted by molar-refractivity contribution is -0.120. The molecule has 0 bridgehead atoms. The number of hydrogen-bond donors (Lipinski definition) is 1. The second-order valence-electron chi connectivity index (χ2n) is 10.5. The molecule has 210 valence electrons. The third kappa shape index (κ3) is 6.32. The number of nitrogens with one attached hydrogen (secondary N) is 1. The minimum absolute atomic E-state index is 0.258. The van der Waals surface area contributed by atoms with Gasteiger partial charge >= 0.3 is 0 Å². The fourth-order valence-corrected chi connectivity index (χ4v) is 5.68. The zero-order valence-corrected chi connectivity index (χ0v) is 22.7. The van der Waals surface area contributed by atoms with Crippen molar-refractivity contribution in [3.8, 4) is 0 Å². The lowest BCUT2D eigenvalue weighted by atomic mass is 9.88. The Kier molecular flexibility index (Phi) is 8.72. The van der Waals surface area contributed by atoms with E-state index in [4.69, 9.17) is 11.3 Å². The number of carbonyl (C=O) groups is 1. The Morgan fingerprint density at radius 3 is 2.77 bits per heavy atom. The van der Waals surface area contributed by atoms with Crippen molar-refractivity contribution in [2.45, 2.75) is 25.8 Å². The Balaban J connectivity index is 1.35. The van der Waals surface area contributed by atoms with Crippen LogP contribution >= 0.6 is 0 Å². The maximum absolute atomic E-state index is 14.8. The second-order valence-corrected chi connectivity index (χ2v) is 10.5. The van der Waals surface area contributed by atoms with Gasteiger partial charge in [0.25, 0.3) is 0 Å². The number of amides is 1. The summed E-state index contributed by atoms with van der Waals surface area (Å²) in [5.41, 5.74) is 3.75. The molecule has 3 heterocycles. The maximum Gasteiger partial charge on any atom is 0.231 e. The Morgan fingerprint density at radius 1 is 1.18 bits per heavy atom. The molecule has 8 nitrogen and oxygen atoms in total. The van der Waals surface area contributed by atoms with Crippen molar-refractivity contribution in [3.63, 3.8) is 0 Å². The van der Waals surface area contributed by atoms with E-state index in [1.807, 2.05) is 10.8 Å². The number of aromatic nitrogens is 2. The van der Waals surface area contributed by atoms with Crippen LogP contribution in [0.1, 0.15) is 29.0 Å². The van der Waals surface area contributed by atoms with Gasteiger partial charge in [0, 0.05) is 69.2 Å². The Hall–Kier alpha value is -3.81. The van der Waals surface area contributed by atoms with Gasteiger partial charge in [-0.3, -0.25) is 10.1 Å².